The number of amides is 1. The number of carbonyl (C=O) groups is 1. The highest BCUT2D eigenvalue weighted by Crippen LogP contribution is 2.23. The molecule has 3 rings (SSSR count). The quantitative estimate of drug-likeness (QED) is 0.689. The number of benzene rings is 2. The highest BCUT2D eigenvalue weighted by Gasteiger charge is 2.08. The van der Waals surface area contributed by atoms with Crippen LogP contribution in [0.25, 0.3) is 11.0 Å². The lowest BCUT2D eigenvalue weighted by Gasteiger charge is -2.09. The second-order valence-electron chi connectivity index (χ2n) is 5.22. The Hall–Kier alpha value is -2.60. The van der Waals surface area contributed by atoms with Crippen molar-refractivity contribution >= 4 is 38.5 Å². The highest BCUT2D eigenvalue weighted by atomic mass is 79.9. The fourth-order valence-electron chi connectivity index (χ4n) is 2.29. The van der Waals surface area contributed by atoms with Crippen LogP contribution in [0.15, 0.2) is 62.2 Å². The fourth-order valence-corrected chi connectivity index (χ4v) is 2.68. The molecule has 5 nitrogen and oxygen atoms in total. The minimum absolute atomic E-state index is 0.150. The molecule has 0 fully saturated rings. The Bertz CT molecular complexity index is 965. The highest BCUT2D eigenvalue weighted by molar-refractivity contribution is 9.10. The third-order valence-corrected chi connectivity index (χ3v) is 4.13. The molecule has 0 saturated carbocycles. The van der Waals surface area contributed by atoms with Gasteiger partial charge in [-0.25, -0.2) is 4.79 Å². The zero-order chi connectivity index (χ0) is 17.1. The van der Waals surface area contributed by atoms with E-state index >= 15 is 0 Å². The zero-order valence-corrected chi connectivity index (χ0v) is 14.4. The van der Waals surface area contributed by atoms with Crippen molar-refractivity contribution in [3.05, 3.63) is 69.0 Å². The Morgan fingerprint density at radius 3 is 2.79 bits per heavy atom. The van der Waals surface area contributed by atoms with Crippen LogP contribution in [-0.4, -0.2) is 12.5 Å². The average molecular weight is 388 g/mol. The topological polar surface area (TPSA) is 68.5 Å². The Balaban J connectivity index is 1.70. The number of anilines is 1. The Labute approximate surface area is 146 Å². The number of para-hydroxylation sites is 1. The molecule has 0 aliphatic rings. The summed E-state index contributed by atoms with van der Waals surface area (Å²) in [6, 6.07) is 13.9. The van der Waals surface area contributed by atoms with Crippen LogP contribution < -0.4 is 15.7 Å². The summed E-state index contributed by atoms with van der Waals surface area (Å²) in [4.78, 5) is 23.4. The van der Waals surface area contributed by atoms with E-state index in [2.05, 4.69) is 21.2 Å². The first-order chi connectivity index (χ1) is 11.5. The maximum Gasteiger partial charge on any atom is 0.336 e. The molecule has 0 unspecified atom stereocenters. The minimum Gasteiger partial charge on any atom is -0.484 e. The maximum atomic E-state index is 12.0. The van der Waals surface area contributed by atoms with Crippen LogP contribution in [0.5, 0.6) is 5.75 Å². The molecule has 3 aromatic rings. The van der Waals surface area contributed by atoms with Gasteiger partial charge in [0.25, 0.3) is 5.91 Å². The molecule has 24 heavy (non-hydrogen) atoms. The van der Waals surface area contributed by atoms with Crippen LogP contribution in [0.1, 0.15) is 5.56 Å². The second kappa shape index (κ2) is 6.88. The van der Waals surface area contributed by atoms with E-state index in [9.17, 15) is 9.59 Å². The summed E-state index contributed by atoms with van der Waals surface area (Å²) in [5, 5.41) is 3.58. The van der Waals surface area contributed by atoms with Crippen molar-refractivity contribution in [1.29, 1.82) is 0 Å². The summed E-state index contributed by atoms with van der Waals surface area (Å²) in [5.74, 6) is 0.172. The first-order valence-electron chi connectivity index (χ1n) is 7.24. The summed E-state index contributed by atoms with van der Waals surface area (Å²) in [7, 11) is 0. The van der Waals surface area contributed by atoms with Crippen LogP contribution in [0.2, 0.25) is 0 Å². The minimum atomic E-state index is -0.413. The molecule has 0 bridgehead atoms. The lowest BCUT2D eigenvalue weighted by Crippen LogP contribution is -2.20. The van der Waals surface area contributed by atoms with E-state index in [1.165, 1.54) is 6.07 Å². The van der Waals surface area contributed by atoms with Crippen molar-refractivity contribution < 1.29 is 13.9 Å². The van der Waals surface area contributed by atoms with Crippen molar-refractivity contribution in [2.24, 2.45) is 0 Å². The first-order valence-corrected chi connectivity index (χ1v) is 8.04. The van der Waals surface area contributed by atoms with Gasteiger partial charge >= 0.3 is 5.63 Å². The van der Waals surface area contributed by atoms with E-state index in [0.29, 0.717) is 17.0 Å². The lowest BCUT2D eigenvalue weighted by atomic mass is 10.1. The largest absolute Gasteiger partial charge is 0.484 e. The number of aryl methyl sites for hydroxylation is 1. The summed E-state index contributed by atoms with van der Waals surface area (Å²) in [6.45, 7) is 1.69. The molecule has 0 saturated heterocycles. The number of hydrogen-bond donors (Lipinski definition) is 1. The molecule has 0 spiro atoms. The summed E-state index contributed by atoms with van der Waals surface area (Å²) < 4.78 is 11.4. The second-order valence-corrected chi connectivity index (χ2v) is 6.08. The van der Waals surface area contributed by atoms with E-state index in [1.807, 2.05) is 25.1 Å². The number of rotatable bonds is 4. The Morgan fingerprint density at radius 1 is 1.21 bits per heavy atom. The van der Waals surface area contributed by atoms with Crippen LogP contribution >= 0.6 is 15.9 Å². The van der Waals surface area contributed by atoms with Crippen molar-refractivity contribution in [3.8, 4) is 5.75 Å². The first kappa shape index (κ1) is 16.3. The predicted octanol–water partition coefficient (Wildman–Crippen LogP) is 3.88. The zero-order valence-electron chi connectivity index (χ0n) is 12.8. The van der Waals surface area contributed by atoms with Crippen molar-refractivity contribution in [1.82, 2.24) is 0 Å². The van der Waals surface area contributed by atoms with Crippen LogP contribution in [0, 0.1) is 6.92 Å². The number of fused-ring (bicyclic) bond motifs is 1. The third-order valence-electron chi connectivity index (χ3n) is 3.44. The molecule has 0 aliphatic heterocycles. The monoisotopic (exact) mass is 387 g/mol. The standard InChI is InChI=1S/C18H14BrNO4/c1-11-8-18(22)24-16-9-12(6-7-13(11)16)23-10-17(21)20-15-5-3-2-4-14(15)19/h2-9H,10H2,1H3,(H,20,21). The molecule has 6 heteroatoms. The summed E-state index contributed by atoms with van der Waals surface area (Å²) >= 11 is 3.36. The van der Waals surface area contributed by atoms with Crippen LogP contribution in [0.3, 0.4) is 0 Å². The van der Waals surface area contributed by atoms with Gasteiger partial charge < -0.3 is 14.5 Å². The SMILES string of the molecule is Cc1cc(=O)oc2cc(OCC(=O)Nc3ccccc3Br)ccc12. The molecule has 2 aromatic carbocycles. The molecule has 1 N–H and O–H groups in total. The van der Waals surface area contributed by atoms with Gasteiger partial charge in [-0.2, -0.15) is 0 Å². The van der Waals surface area contributed by atoms with Gasteiger partial charge in [-0.15, -0.1) is 0 Å². The van der Waals surface area contributed by atoms with Crippen LogP contribution in [-0.2, 0) is 4.79 Å². The van der Waals surface area contributed by atoms with Gasteiger partial charge in [0.15, 0.2) is 6.61 Å². The van der Waals surface area contributed by atoms with Gasteiger partial charge in [-0.05, 0) is 52.7 Å². The van der Waals surface area contributed by atoms with Gasteiger partial charge in [0.2, 0.25) is 0 Å². The normalized spacial score (nSPS) is 10.6. The average Bonchev–Trinajstić information content (AvgIpc) is 2.54. The Morgan fingerprint density at radius 2 is 2.00 bits per heavy atom. The van der Waals surface area contributed by atoms with E-state index < -0.39 is 5.63 Å². The van der Waals surface area contributed by atoms with E-state index in [4.69, 9.17) is 9.15 Å². The molecule has 122 valence electrons. The number of hydrogen-bond acceptors (Lipinski definition) is 4. The molecule has 1 heterocycles. The van der Waals surface area contributed by atoms with Gasteiger partial charge in [-0.1, -0.05) is 12.1 Å². The van der Waals surface area contributed by atoms with Gasteiger partial charge in [0.1, 0.15) is 11.3 Å². The number of halogens is 1. The van der Waals surface area contributed by atoms with Crippen molar-refractivity contribution in [2.75, 3.05) is 11.9 Å². The molecule has 0 atom stereocenters. The van der Waals surface area contributed by atoms with Crippen molar-refractivity contribution in [3.63, 3.8) is 0 Å². The maximum absolute atomic E-state index is 12.0. The van der Waals surface area contributed by atoms with E-state index in [-0.39, 0.29) is 12.5 Å². The van der Waals surface area contributed by atoms with Gasteiger partial charge in [0, 0.05) is 22.0 Å². The molecule has 1 aromatic heterocycles. The number of ether oxygens (including phenoxy) is 1. The van der Waals surface area contributed by atoms with Crippen molar-refractivity contribution in [2.45, 2.75) is 6.92 Å². The number of carbonyl (C=O) groups excluding carboxylic acids is 1. The van der Waals surface area contributed by atoms with Gasteiger partial charge in [0.05, 0.1) is 5.69 Å². The van der Waals surface area contributed by atoms with Gasteiger partial charge in [-0.3, -0.25) is 4.79 Å². The molecular weight excluding hydrogens is 374 g/mol. The predicted molar refractivity (Wildman–Crippen MR) is 95.5 cm³/mol. The smallest absolute Gasteiger partial charge is 0.336 e. The Kier molecular flexibility index (Phi) is 4.66. The number of nitrogens with one attached hydrogen (secondary N) is 1. The van der Waals surface area contributed by atoms with Crippen LogP contribution in [0.4, 0.5) is 5.69 Å². The summed E-state index contributed by atoms with van der Waals surface area (Å²) in [6.07, 6.45) is 0. The molecule has 1 amide bonds. The fraction of sp³-hybridized carbons (Fsp3) is 0.111. The molecule has 0 aliphatic carbocycles. The molecule has 0 radical (unpaired) electrons. The summed E-state index contributed by atoms with van der Waals surface area (Å²) in [5.41, 5.74) is 1.53. The third kappa shape index (κ3) is 3.65. The van der Waals surface area contributed by atoms with E-state index in [1.54, 1.807) is 24.3 Å². The molecular formula is C18H14BrNO4. The lowest BCUT2D eigenvalue weighted by molar-refractivity contribution is -0.118. The van der Waals surface area contributed by atoms with E-state index in [0.717, 1.165) is 15.4 Å².